The van der Waals surface area contributed by atoms with E-state index in [1.165, 1.54) is 6.92 Å². The van der Waals surface area contributed by atoms with Gasteiger partial charge in [0.05, 0.1) is 35.7 Å². The first kappa shape index (κ1) is 41.7. The Bertz CT molecular complexity index is 1600. The van der Waals surface area contributed by atoms with Crippen LogP contribution in [0.25, 0.3) is 0 Å². The highest BCUT2D eigenvalue weighted by molar-refractivity contribution is 6.74. The molecule has 0 unspecified atom stereocenters. The van der Waals surface area contributed by atoms with Crippen LogP contribution in [0, 0.1) is 16.7 Å². The van der Waals surface area contributed by atoms with Gasteiger partial charge in [0.25, 0.3) is 0 Å². The molecule has 1 aromatic rings. The number of Topliss-reactive ketones (excluding diaryl/α,β-unsaturated/α-hetero) is 2. The van der Waals surface area contributed by atoms with Gasteiger partial charge in [-0.05, 0) is 67.8 Å². The van der Waals surface area contributed by atoms with Crippen LogP contribution in [0.15, 0.2) is 41.5 Å². The molecule has 1 aliphatic heterocycles. The van der Waals surface area contributed by atoms with Crippen molar-refractivity contribution in [3.8, 4) is 0 Å². The van der Waals surface area contributed by atoms with Gasteiger partial charge in [0, 0.05) is 30.8 Å². The second kappa shape index (κ2) is 14.9. The molecule has 4 aliphatic rings. The fraction of sp³-hybridized carbons (Fsp3) is 0.707. The molecule has 2 saturated carbocycles. The monoisotopic (exact) mass is 770 g/mol. The van der Waals surface area contributed by atoms with Gasteiger partial charge in [0.15, 0.2) is 22.2 Å². The van der Waals surface area contributed by atoms with Gasteiger partial charge in [-0.15, -0.1) is 0 Å². The molecular weight excluding hydrogens is 709 g/mol. The van der Waals surface area contributed by atoms with E-state index in [1.807, 2.05) is 6.92 Å². The highest BCUT2D eigenvalue weighted by Gasteiger charge is 2.78. The maximum Gasteiger partial charge on any atom is 0.338 e. The molecule has 1 N–H and O–H groups in total. The molecule has 8 atom stereocenters. The highest BCUT2D eigenvalue weighted by atomic mass is 28.4. The van der Waals surface area contributed by atoms with Crippen LogP contribution in [0.3, 0.4) is 0 Å². The highest BCUT2D eigenvalue weighted by Crippen LogP contribution is 2.64. The second-order valence-electron chi connectivity index (χ2n) is 16.7. The fourth-order valence-electron chi connectivity index (χ4n) is 10.3. The Kier molecular flexibility index (Phi) is 11.7. The fourth-order valence-corrected chi connectivity index (χ4v) is 16.1. The van der Waals surface area contributed by atoms with Gasteiger partial charge in [0.1, 0.15) is 17.8 Å². The smallest absolute Gasteiger partial charge is 0.338 e. The van der Waals surface area contributed by atoms with Crippen LogP contribution in [0.2, 0.25) is 36.3 Å². The molecule has 12 heteroatoms. The minimum atomic E-state index is -2.46. The number of hydrogen-bond donors (Lipinski definition) is 1. The lowest BCUT2D eigenvalue weighted by Crippen LogP contribution is -2.82. The van der Waals surface area contributed by atoms with Crippen molar-refractivity contribution in [2.24, 2.45) is 16.7 Å². The average molecular weight is 771 g/mol. The first-order chi connectivity index (χ1) is 24.9. The molecule has 3 aliphatic carbocycles. The number of ketones is 2. The van der Waals surface area contributed by atoms with Crippen LogP contribution in [0.1, 0.15) is 99.4 Å². The molecule has 0 radical (unpaired) electrons. The first-order valence-corrected chi connectivity index (χ1v) is 24.9. The Hall–Kier alpha value is -2.49. The zero-order valence-corrected chi connectivity index (χ0v) is 35.8. The summed E-state index contributed by atoms with van der Waals surface area (Å²) in [5.74, 6) is -3.94. The summed E-state index contributed by atoms with van der Waals surface area (Å²) in [7, 11) is -4.82. The lowest BCUT2D eigenvalue weighted by molar-refractivity contribution is -0.342. The number of fused-ring (bicyclic) bond motifs is 5. The molecule has 1 saturated heterocycles. The standard InChI is InChI=1S/C41H62O10Si2/c1-12-52(13-2,14-3)50-29-24-41(46)36(48-37(45)28-21-19-18-20-22-28)34-39(11,35(44)33(43)32(26(29)7)38(41,9)10)30(51-53(15-4,16-5)17-6)23-31-40(34,25-47-31)49-27(8)42/h18-22,29-31,34,36,46H,12-17,23-25H2,1-11H3/t29-,30-,31+,34-,36-,39+,40-,41+/m0/s1. The third-order valence-corrected chi connectivity index (χ3v) is 23.6. The summed E-state index contributed by atoms with van der Waals surface area (Å²) in [5.41, 5.74) is -5.51. The summed E-state index contributed by atoms with van der Waals surface area (Å²) < 4.78 is 33.4. The number of benzene rings is 1. The number of aliphatic hydroxyl groups is 1. The minimum absolute atomic E-state index is 0.00433. The molecular formula is C41H62O10Si2. The van der Waals surface area contributed by atoms with Gasteiger partial charge in [-0.25, -0.2) is 4.79 Å². The first-order valence-electron chi connectivity index (χ1n) is 19.8. The van der Waals surface area contributed by atoms with Crippen molar-refractivity contribution >= 4 is 40.1 Å². The van der Waals surface area contributed by atoms with E-state index in [-0.39, 0.29) is 30.6 Å². The summed E-state index contributed by atoms with van der Waals surface area (Å²) >= 11 is 0. The van der Waals surface area contributed by atoms with Crippen molar-refractivity contribution in [1.29, 1.82) is 0 Å². The maximum absolute atomic E-state index is 15.5. The predicted octanol–water partition coefficient (Wildman–Crippen LogP) is 7.35. The molecule has 1 heterocycles. The van der Waals surface area contributed by atoms with Gasteiger partial charge in [-0.1, -0.05) is 73.6 Å². The number of ether oxygens (including phenoxy) is 3. The van der Waals surface area contributed by atoms with E-state index in [0.29, 0.717) is 5.57 Å². The summed E-state index contributed by atoms with van der Waals surface area (Å²) in [5, 5.41) is 13.7. The van der Waals surface area contributed by atoms with Crippen LogP contribution >= 0.6 is 0 Å². The number of esters is 2. The Morgan fingerprint density at radius 3 is 1.92 bits per heavy atom. The van der Waals surface area contributed by atoms with Crippen LogP contribution < -0.4 is 0 Å². The number of hydrogen-bond acceptors (Lipinski definition) is 10. The van der Waals surface area contributed by atoms with Crippen LogP contribution in [0.4, 0.5) is 0 Å². The topological polar surface area (TPSA) is 135 Å². The molecule has 5 rings (SSSR count). The largest absolute Gasteiger partial charge is 0.455 e. The van der Waals surface area contributed by atoms with Crippen molar-refractivity contribution in [3.05, 3.63) is 47.0 Å². The van der Waals surface area contributed by atoms with Gasteiger partial charge < -0.3 is 28.2 Å². The van der Waals surface area contributed by atoms with Crippen LogP contribution in [-0.2, 0) is 37.4 Å². The van der Waals surface area contributed by atoms with Gasteiger partial charge in [-0.2, -0.15) is 0 Å². The Morgan fingerprint density at radius 1 is 0.887 bits per heavy atom. The number of rotatable bonds is 13. The molecule has 0 spiro atoms. The van der Waals surface area contributed by atoms with Crippen LogP contribution in [0.5, 0.6) is 0 Å². The van der Waals surface area contributed by atoms with E-state index >= 15 is 9.59 Å². The van der Waals surface area contributed by atoms with Gasteiger partial charge in [0.2, 0.25) is 11.6 Å². The molecule has 0 amide bonds. The Morgan fingerprint density at radius 2 is 1.43 bits per heavy atom. The minimum Gasteiger partial charge on any atom is -0.455 e. The number of carbonyl (C=O) groups excluding carboxylic acids is 4. The van der Waals surface area contributed by atoms with E-state index in [1.54, 1.807) is 51.1 Å². The zero-order valence-electron chi connectivity index (χ0n) is 33.8. The normalized spacial score (nSPS) is 33.9. The van der Waals surface area contributed by atoms with E-state index < -0.39 is 92.5 Å². The summed E-state index contributed by atoms with van der Waals surface area (Å²) in [4.78, 5) is 58.2. The lowest BCUT2D eigenvalue weighted by atomic mass is 9.45. The third-order valence-electron chi connectivity index (χ3n) is 14.3. The quantitative estimate of drug-likeness (QED) is 0.123. The lowest BCUT2D eigenvalue weighted by Gasteiger charge is -2.67. The zero-order chi connectivity index (χ0) is 39.4. The predicted molar refractivity (Wildman–Crippen MR) is 206 cm³/mol. The van der Waals surface area contributed by atoms with Crippen molar-refractivity contribution in [3.63, 3.8) is 0 Å². The molecule has 53 heavy (non-hydrogen) atoms. The SMILES string of the molecule is CC[Si](CC)(CC)O[C@H]1C[C@@]2(O)[C@@H](OC(=O)c3ccccc3)[C@@H]3[C@]4(OC(C)=O)CO[C@@H]4C[C@H](O[Si](CC)(CC)CC)[C@@]3(C)C(=O)C(=O)C(=C1C)C2(C)C. The van der Waals surface area contributed by atoms with Crippen LogP contribution in [-0.4, -0.2) is 87.5 Å². The molecule has 1 aromatic carbocycles. The van der Waals surface area contributed by atoms with Crippen molar-refractivity contribution < 1.29 is 47.3 Å². The summed E-state index contributed by atoms with van der Waals surface area (Å²) in [6.07, 6.45) is -3.57. The average Bonchev–Trinajstić information content (AvgIpc) is 3.13. The number of carbonyl (C=O) groups is 4. The van der Waals surface area contributed by atoms with Crippen molar-refractivity contribution in [1.82, 2.24) is 0 Å². The maximum atomic E-state index is 15.5. The Labute approximate surface area is 318 Å². The Balaban J connectivity index is 1.87. The van der Waals surface area contributed by atoms with Crippen molar-refractivity contribution in [2.45, 2.75) is 161 Å². The third kappa shape index (κ3) is 6.37. The molecule has 10 nitrogen and oxygen atoms in total. The molecule has 3 fully saturated rings. The second-order valence-corrected chi connectivity index (χ2v) is 26.2. The van der Waals surface area contributed by atoms with E-state index in [2.05, 4.69) is 41.5 Å². The summed E-state index contributed by atoms with van der Waals surface area (Å²) in [6.45, 7) is 20.9. The van der Waals surface area contributed by atoms with E-state index in [9.17, 15) is 14.7 Å². The van der Waals surface area contributed by atoms with E-state index in [4.69, 9.17) is 23.1 Å². The van der Waals surface area contributed by atoms with Gasteiger partial charge in [-0.3, -0.25) is 14.4 Å². The molecule has 2 bridgehead atoms. The van der Waals surface area contributed by atoms with E-state index in [0.717, 1.165) is 36.3 Å². The molecule has 294 valence electrons. The van der Waals surface area contributed by atoms with Gasteiger partial charge >= 0.3 is 11.9 Å². The van der Waals surface area contributed by atoms with Crippen molar-refractivity contribution in [2.75, 3.05) is 6.61 Å². The molecule has 0 aromatic heterocycles. The summed E-state index contributed by atoms with van der Waals surface area (Å²) in [6, 6.07) is 13.3.